The smallest absolute Gasteiger partial charge is 0.191 e. The van der Waals surface area contributed by atoms with Crippen molar-refractivity contribution in [3.63, 3.8) is 0 Å². The summed E-state index contributed by atoms with van der Waals surface area (Å²) in [5.74, 6) is 2.82. The zero-order valence-electron chi connectivity index (χ0n) is 12.5. The van der Waals surface area contributed by atoms with Crippen LogP contribution in [0.4, 0.5) is 0 Å². The van der Waals surface area contributed by atoms with Gasteiger partial charge >= 0.3 is 0 Å². The molecule has 0 aliphatic heterocycles. The van der Waals surface area contributed by atoms with Gasteiger partial charge in [-0.3, -0.25) is 4.40 Å². The molecule has 0 spiro atoms. The molecule has 2 N–H and O–H groups in total. The van der Waals surface area contributed by atoms with Crippen molar-refractivity contribution in [3.8, 4) is 0 Å². The third kappa shape index (κ3) is 4.63. The molecule has 114 valence electrons. The highest BCUT2D eigenvalue weighted by Crippen LogP contribution is 2.03. The molecule has 2 rings (SSSR count). The quantitative estimate of drug-likeness (QED) is 0.461. The molecular formula is C14H22N6S. The van der Waals surface area contributed by atoms with Crippen molar-refractivity contribution in [1.29, 1.82) is 0 Å². The number of hydrogen-bond acceptors (Lipinski definition) is 4. The second-order valence-electron chi connectivity index (χ2n) is 4.51. The van der Waals surface area contributed by atoms with E-state index in [1.54, 1.807) is 0 Å². The van der Waals surface area contributed by atoms with E-state index >= 15 is 0 Å². The predicted molar refractivity (Wildman–Crippen MR) is 88.8 cm³/mol. The number of nitrogens with zero attached hydrogens (tertiary/aromatic N) is 4. The van der Waals surface area contributed by atoms with Crippen molar-refractivity contribution in [2.45, 2.75) is 19.9 Å². The van der Waals surface area contributed by atoms with Crippen LogP contribution in [0.3, 0.4) is 0 Å². The van der Waals surface area contributed by atoms with Crippen molar-refractivity contribution in [3.05, 3.63) is 30.2 Å². The Kier molecular flexibility index (Phi) is 6.33. The van der Waals surface area contributed by atoms with Crippen LogP contribution in [0, 0.1) is 0 Å². The van der Waals surface area contributed by atoms with Gasteiger partial charge in [0, 0.05) is 19.3 Å². The lowest BCUT2D eigenvalue weighted by Gasteiger charge is -2.10. The first kappa shape index (κ1) is 15.6. The van der Waals surface area contributed by atoms with Gasteiger partial charge in [-0.15, -0.1) is 10.2 Å². The molecule has 2 aromatic heterocycles. The summed E-state index contributed by atoms with van der Waals surface area (Å²) in [4.78, 5) is 4.57. The van der Waals surface area contributed by atoms with Crippen LogP contribution in [0.15, 0.2) is 29.4 Å². The number of pyridine rings is 1. The molecule has 0 fully saturated rings. The molecule has 0 saturated heterocycles. The molecule has 6 nitrogen and oxygen atoms in total. The summed E-state index contributed by atoms with van der Waals surface area (Å²) < 4.78 is 1.96. The SMILES string of the molecule is CCNC(=NCc1nnc2ccccn12)NCCCSC. The largest absolute Gasteiger partial charge is 0.357 e. The van der Waals surface area contributed by atoms with Crippen LogP contribution in [0.2, 0.25) is 0 Å². The number of aliphatic imine (C=N–C) groups is 1. The van der Waals surface area contributed by atoms with Gasteiger partial charge in [0.15, 0.2) is 17.4 Å². The maximum absolute atomic E-state index is 4.57. The van der Waals surface area contributed by atoms with Crippen LogP contribution >= 0.6 is 11.8 Å². The summed E-state index contributed by atoms with van der Waals surface area (Å²) in [6, 6.07) is 5.86. The third-order valence-corrected chi connectivity index (χ3v) is 3.62. The van der Waals surface area contributed by atoms with Crippen LogP contribution in [-0.4, -0.2) is 45.7 Å². The van der Waals surface area contributed by atoms with Gasteiger partial charge in [0.2, 0.25) is 0 Å². The van der Waals surface area contributed by atoms with Gasteiger partial charge in [0.1, 0.15) is 6.54 Å². The van der Waals surface area contributed by atoms with Crippen LogP contribution in [-0.2, 0) is 6.54 Å². The Morgan fingerprint density at radius 1 is 1.33 bits per heavy atom. The van der Waals surface area contributed by atoms with E-state index in [2.05, 4.69) is 39.0 Å². The van der Waals surface area contributed by atoms with E-state index in [1.165, 1.54) is 0 Å². The maximum atomic E-state index is 4.57. The minimum absolute atomic E-state index is 0.503. The van der Waals surface area contributed by atoms with E-state index in [0.29, 0.717) is 6.54 Å². The van der Waals surface area contributed by atoms with Crippen molar-refractivity contribution in [1.82, 2.24) is 25.2 Å². The second kappa shape index (κ2) is 8.51. The number of nitrogens with one attached hydrogen (secondary N) is 2. The first-order valence-corrected chi connectivity index (χ1v) is 8.54. The lowest BCUT2D eigenvalue weighted by molar-refractivity contribution is 0.780. The van der Waals surface area contributed by atoms with Crippen molar-refractivity contribution < 1.29 is 0 Å². The van der Waals surface area contributed by atoms with E-state index in [4.69, 9.17) is 0 Å². The van der Waals surface area contributed by atoms with Gasteiger partial charge in [-0.2, -0.15) is 11.8 Å². The molecule has 21 heavy (non-hydrogen) atoms. The molecule has 2 aromatic rings. The molecule has 0 aliphatic carbocycles. The Bertz CT molecular complexity index is 580. The lowest BCUT2D eigenvalue weighted by atomic mass is 10.4. The number of thioether (sulfide) groups is 1. The van der Waals surface area contributed by atoms with Crippen molar-refractivity contribution >= 4 is 23.4 Å². The minimum Gasteiger partial charge on any atom is -0.357 e. The molecule has 0 aromatic carbocycles. The van der Waals surface area contributed by atoms with E-state index < -0.39 is 0 Å². The Labute approximate surface area is 129 Å². The van der Waals surface area contributed by atoms with E-state index in [0.717, 1.165) is 42.7 Å². The first-order valence-electron chi connectivity index (χ1n) is 7.15. The van der Waals surface area contributed by atoms with Gasteiger partial charge < -0.3 is 10.6 Å². The zero-order valence-corrected chi connectivity index (χ0v) is 13.4. The Morgan fingerprint density at radius 2 is 2.24 bits per heavy atom. The van der Waals surface area contributed by atoms with Gasteiger partial charge in [0.25, 0.3) is 0 Å². The molecule has 2 heterocycles. The highest BCUT2D eigenvalue weighted by molar-refractivity contribution is 7.98. The number of hydrogen-bond donors (Lipinski definition) is 2. The monoisotopic (exact) mass is 306 g/mol. The number of guanidine groups is 1. The topological polar surface area (TPSA) is 66.6 Å². The summed E-state index contributed by atoms with van der Waals surface area (Å²) in [6.07, 6.45) is 5.20. The Balaban J connectivity index is 1.98. The molecule has 0 amide bonds. The molecule has 0 radical (unpaired) electrons. The fourth-order valence-electron chi connectivity index (χ4n) is 1.91. The molecule has 0 saturated carbocycles. The highest BCUT2D eigenvalue weighted by Gasteiger charge is 2.04. The summed E-state index contributed by atoms with van der Waals surface area (Å²) >= 11 is 1.86. The number of rotatable bonds is 7. The van der Waals surface area contributed by atoms with E-state index in [9.17, 15) is 0 Å². The first-order chi connectivity index (χ1) is 10.3. The lowest BCUT2D eigenvalue weighted by Crippen LogP contribution is -2.37. The molecule has 7 heteroatoms. The summed E-state index contributed by atoms with van der Waals surface area (Å²) in [5, 5.41) is 14.9. The standard InChI is InChI=1S/C14H22N6S/c1-3-15-14(16-8-6-10-21-2)17-11-13-19-18-12-7-4-5-9-20(12)13/h4-5,7,9H,3,6,8,10-11H2,1-2H3,(H2,15,16,17). The Hall–Kier alpha value is -1.76. The molecular weight excluding hydrogens is 284 g/mol. The molecule has 0 bridgehead atoms. The summed E-state index contributed by atoms with van der Waals surface area (Å²) in [5.41, 5.74) is 0.848. The molecule has 0 atom stereocenters. The molecule has 0 unspecified atom stereocenters. The van der Waals surface area contributed by atoms with Gasteiger partial charge in [-0.05, 0) is 37.5 Å². The summed E-state index contributed by atoms with van der Waals surface area (Å²) in [7, 11) is 0. The zero-order chi connectivity index (χ0) is 14.9. The van der Waals surface area contributed by atoms with Crippen molar-refractivity contribution in [2.24, 2.45) is 4.99 Å². The normalized spacial score (nSPS) is 11.8. The number of fused-ring (bicyclic) bond motifs is 1. The highest BCUT2D eigenvalue weighted by atomic mass is 32.2. The fraction of sp³-hybridized carbons (Fsp3) is 0.500. The van der Waals surface area contributed by atoms with Crippen LogP contribution in [0.25, 0.3) is 5.65 Å². The maximum Gasteiger partial charge on any atom is 0.191 e. The summed E-state index contributed by atoms with van der Waals surface area (Å²) in [6.45, 7) is 4.33. The fourth-order valence-corrected chi connectivity index (χ4v) is 2.35. The van der Waals surface area contributed by atoms with Crippen LogP contribution in [0.5, 0.6) is 0 Å². The second-order valence-corrected chi connectivity index (χ2v) is 5.50. The average Bonchev–Trinajstić information content (AvgIpc) is 2.92. The minimum atomic E-state index is 0.503. The average molecular weight is 306 g/mol. The van der Waals surface area contributed by atoms with Crippen molar-refractivity contribution in [2.75, 3.05) is 25.1 Å². The van der Waals surface area contributed by atoms with Gasteiger partial charge in [-0.1, -0.05) is 6.07 Å². The van der Waals surface area contributed by atoms with Gasteiger partial charge in [-0.25, -0.2) is 4.99 Å². The third-order valence-electron chi connectivity index (χ3n) is 2.92. The number of aromatic nitrogens is 3. The van der Waals surface area contributed by atoms with E-state index in [-0.39, 0.29) is 0 Å². The predicted octanol–water partition coefficient (Wildman–Crippen LogP) is 1.54. The molecule has 0 aliphatic rings. The van der Waals surface area contributed by atoms with Gasteiger partial charge in [0.05, 0.1) is 0 Å². The Morgan fingerprint density at radius 3 is 3.05 bits per heavy atom. The van der Waals surface area contributed by atoms with E-state index in [1.807, 2.05) is 40.6 Å². The van der Waals surface area contributed by atoms with Crippen LogP contribution in [0.1, 0.15) is 19.2 Å². The van der Waals surface area contributed by atoms with Crippen LogP contribution < -0.4 is 10.6 Å².